The van der Waals surface area contributed by atoms with Crippen LogP contribution in [0.2, 0.25) is 0 Å². The van der Waals surface area contributed by atoms with E-state index in [-0.39, 0.29) is 84.5 Å². The fourth-order valence-corrected chi connectivity index (χ4v) is 12.5. The average Bonchev–Trinajstić information content (AvgIpc) is 0.850. The van der Waals surface area contributed by atoms with Crippen LogP contribution in [0.1, 0.15) is 139 Å². The third-order valence-corrected chi connectivity index (χ3v) is 17.1. The van der Waals surface area contributed by atoms with Crippen molar-refractivity contribution < 1.29 is 91.7 Å². The maximum absolute atomic E-state index is 15.8. The Hall–Kier alpha value is -7.42. The van der Waals surface area contributed by atoms with Crippen molar-refractivity contribution in [1.29, 1.82) is 0 Å². The molecule has 0 spiro atoms. The Bertz CT molecular complexity index is 2940. The van der Waals surface area contributed by atoms with Crippen molar-refractivity contribution in [1.82, 2.24) is 5.32 Å². The first-order valence-electron chi connectivity index (χ1n) is 27.2. The van der Waals surface area contributed by atoms with Gasteiger partial charge in [0.1, 0.15) is 41.5 Å². The van der Waals surface area contributed by atoms with Gasteiger partial charge in [-0.15, -0.1) is 0 Å². The van der Waals surface area contributed by atoms with Crippen molar-refractivity contribution >= 4 is 59.1 Å². The van der Waals surface area contributed by atoms with Gasteiger partial charge in [-0.2, -0.15) is 0 Å². The van der Waals surface area contributed by atoms with Crippen LogP contribution in [0, 0.1) is 28.6 Å². The van der Waals surface area contributed by atoms with Crippen LogP contribution < -0.4 is 5.32 Å². The fourth-order valence-electron chi connectivity index (χ4n) is 12.5. The SMILES string of the molecule is CCC(CCC(=O)O[C@@H](C(=O)O[C@H]1C[C@@]2(O)C(OC(=O)c3ccccc3)C3[C@](C)(C(=O)[C@H](OC(C)=O)C(=C1C)C2(C)C)[C@@H](O)C[C@H]1OC[C@@]31OC(C)=O)[C@@H](NC(=O)c1ccccc1)c1ccccc1)C(=O)CC(CCC(=O)O)C(C)=O. The quantitative estimate of drug-likeness (QED) is 0.0500. The molecule has 2 saturated carbocycles. The highest BCUT2D eigenvalue weighted by molar-refractivity contribution is 5.97. The summed E-state index contributed by atoms with van der Waals surface area (Å²) < 4.78 is 37.0. The second-order valence-electron chi connectivity index (χ2n) is 22.4. The van der Waals surface area contributed by atoms with Crippen LogP contribution in [0.3, 0.4) is 0 Å². The van der Waals surface area contributed by atoms with Gasteiger partial charge in [0.15, 0.2) is 17.5 Å². The summed E-state index contributed by atoms with van der Waals surface area (Å²) in [6.45, 7) is 10.6. The number of ether oxygens (including phenoxy) is 6. The molecule has 2 bridgehead atoms. The monoisotopic (exact) mass is 1120 g/mol. The zero-order chi connectivity index (χ0) is 59.4. The molecule has 4 aliphatic rings. The van der Waals surface area contributed by atoms with Crippen LogP contribution in [-0.4, -0.2) is 129 Å². The van der Waals surface area contributed by atoms with Gasteiger partial charge in [-0.3, -0.25) is 38.4 Å². The average molecular weight is 1120 g/mol. The van der Waals surface area contributed by atoms with E-state index in [1.165, 1.54) is 58.9 Å². The molecule has 434 valence electrons. The summed E-state index contributed by atoms with van der Waals surface area (Å²) in [5, 5.41) is 38.4. The summed E-state index contributed by atoms with van der Waals surface area (Å²) in [5.74, 6) is -11.9. The number of carbonyl (C=O) groups is 10. The Labute approximate surface area is 469 Å². The molecule has 81 heavy (non-hydrogen) atoms. The summed E-state index contributed by atoms with van der Waals surface area (Å²) in [6.07, 6.45) is -12.3. The smallest absolute Gasteiger partial charge is 0.350 e. The lowest BCUT2D eigenvalue weighted by molar-refractivity contribution is -0.346. The molecule has 3 fully saturated rings. The molecule has 4 unspecified atom stereocenters. The minimum absolute atomic E-state index is 0.0107. The fraction of sp³-hybridized carbons (Fsp3) is 0.508. The van der Waals surface area contributed by atoms with Crippen molar-refractivity contribution in [2.24, 2.45) is 28.6 Å². The highest BCUT2D eigenvalue weighted by Gasteiger charge is 2.78. The second kappa shape index (κ2) is 24.7. The number of amides is 1. The molecule has 4 N–H and O–H groups in total. The summed E-state index contributed by atoms with van der Waals surface area (Å²) in [6, 6.07) is 22.2. The predicted molar refractivity (Wildman–Crippen MR) is 285 cm³/mol. The lowest BCUT2D eigenvalue weighted by atomic mass is 9.44. The number of nitrogens with one attached hydrogen (secondary N) is 1. The Morgan fingerprint density at radius 2 is 1.37 bits per heavy atom. The zero-order valence-electron chi connectivity index (χ0n) is 46.7. The Kier molecular flexibility index (Phi) is 18.7. The number of rotatable bonds is 22. The number of Topliss-reactive ketones (excluding diaryl/α,β-unsaturated/α-hetero) is 3. The molecule has 20 heteroatoms. The molecule has 7 rings (SSSR count). The minimum atomic E-state index is -2.53. The number of fused-ring (bicyclic) bond motifs is 5. The van der Waals surface area contributed by atoms with Gasteiger partial charge in [0.05, 0.1) is 29.6 Å². The molecule has 1 amide bonds. The van der Waals surface area contributed by atoms with Crippen molar-refractivity contribution in [2.45, 2.75) is 161 Å². The first kappa shape index (κ1) is 61.2. The van der Waals surface area contributed by atoms with Gasteiger partial charge in [0.2, 0.25) is 6.10 Å². The lowest BCUT2D eigenvalue weighted by Crippen LogP contribution is -2.82. The molecule has 1 heterocycles. The van der Waals surface area contributed by atoms with E-state index in [1.807, 2.05) is 0 Å². The van der Waals surface area contributed by atoms with E-state index < -0.39 is 143 Å². The largest absolute Gasteiger partial charge is 0.481 e. The van der Waals surface area contributed by atoms with E-state index in [2.05, 4.69) is 5.32 Å². The van der Waals surface area contributed by atoms with Crippen LogP contribution >= 0.6 is 0 Å². The summed E-state index contributed by atoms with van der Waals surface area (Å²) in [7, 11) is 0. The Balaban J connectivity index is 1.35. The maximum Gasteiger partial charge on any atom is 0.350 e. The highest BCUT2D eigenvalue weighted by Crippen LogP contribution is 2.64. The number of carboxylic acids is 1. The molecule has 3 aliphatic carbocycles. The van der Waals surface area contributed by atoms with Crippen molar-refractivity contribution in [3.8, 4) is 0 Å². The normalized spacial score (nSPS) is 27.8. The van der Waals surface area contributed by atoms with Crippen molar-refractivity contribution in [3.05, 3.63) is 119 Å². The summed E-state index contributed by atoms with van der Waals surface area (Å²) in [4.78, 5) is 138. The molecule has 13 atom stereocenters. The van der Waals surface area contributed by atoms with E-state index >= 15 is 9.59 Å². The molecular weight excluding hydrogens is 1050 g/mol. The second-order valence-corrected chi connectivity index (χ2v) is 22.4. The van der Waals surface area contributed by atoms with E-state index in [1.54, 1.807) is 73.7 Å². The first-order chi connectivity index (χ1) is 38.2. The van der Waals surface area contributed by atoms with Crippen LogP contribution in [0.4, 0.5) is 0 Å². The number of esters is 5. The van der Waals surface area contributed by atoms with E-state index in [9.17, 15) is 53.7 Å². The molecule has 1 aliphatic heterocycles. The predicted octanol–water partition coefficient (Wildman–Crippen LogP) is 6.12. The number of benzene rings is 3. The first-order valence-corrected chi connectivity index (χ1v) is 27.2. The minimum Gasteiger partial charge on any atom is -0.481 e. The number of hydrogen-bond donors (Lipinski definition) is 4. The Morgan fingerprint density at radius 1 is 0.778 bits per heavy atom. The summed E-state index contributed by atoms with van der Waals surface area (Å²) >= 11 is 0. The number of aliphatic hydroxyl groups is 2. The van der Waals surface area contributed by atoms with Crippen LogP contribution in [-0.2, 0) is 66.8 Å². The molecule has 3 aromatic carbocycles. The Morgan fingerprint density at radius 3 is 1.91 bits per heavy atom. The van der Waals surface area contributed by atoms with Crippen LogP contribution in [0.15, 0.2) is 102 Å². The summed E-state index contributed by atoms with van der Waals surface area (Å²) in [5.41, 5.74) is -7.92. The number of carboxylic acid groups (broad SMARTS) is 1. The maximum atomic E-state index is 15.8. The van der Waals surface area contributed by atoms with Crippen molar-refractivity contribution in [2.75, 3.05) is 6.61 Å². The number of aliphatic hydroxyl groups excluding tert-OH is 1. The molecule has 20 nitrogen and oxygen atoms in total. The lowest BCUT2D eigenvalue weighted by Gasteiger charge is -2.67. The van der Waals surface area contributed by atoms with Gasteiger partial charge in [-0.1, -0.05) is 87.5 Å². The van der Waals surface area contributed by atoms with Gasteiger partial charge in [-0.25, -0.2) is 9.59 Å². The molecule has 3 aromatic rings. The number of hydrogen-bond acceptors (Lipinski definition) is 18. The third kappa shape index (κ3) is 12.3. The van der Waals surface area contributed by atoms with Gasteiger partial charge in [0, 0.05) is 68.8 Å². The van der Waals surface area contributed by atoms with E-state index in [0.29, 0.717) is 0 Å². The zero-order valence-corrected chi connectivity index (χ0v) is 46.7. The molecule has 0 radical (unpaired) electrons. The van der Waals surface area contributed by atoms with E-state index in [4.69, 9.17) is 28.4 Å². The molecule has 0 aromatic heterocycles. The van der Waals surface area contributed by atoms with Crippen LogP contribution in [0.25, 0.3) is 0 Å². The van der Waals surface area contributed by atoms with E-state index in [0.717, 1.165) is 13.8 Å². The van der Waals surface area contributed by atoms with Gasteiger partial charge < -0.3 is 49.1 Å². The topological polar surface area (TPSA) is 299 Å². The van der Waals surface area contributed by atoms with Gasteiger partial charge in [0.25, 0.3) is 5.91 Å². The number of aliphatic carboxylic acids is 1. The van der Waals surface area contributed by atoms with Gasteiger partial charge in [-0.05, 0) is 81.0 Å². The number of ketones is 3. The number of carbonyl (C=O) groups excluding carboxylic acids is 9. The van der Waals surface area contributed by atoms with Gasteiger partial charge >= 0.3 is 35.8 Å². The highest BCUT2D eigenvalue weighted by atomic mass is 16.6. The standard InChI is InChI=1S/C61H71NO19/c1-9-37(42(66)29-41(34(3)63)25-27-46(68)69)26-28-47(70)79-51(49(38-19-13-10-14-20-38)62-55(72)39-21-15-11-16-22-39)57(74)78-43-31-61(75)54(80-56(73)40-23-17-12-18-24-40)52-59(8,44(67)30-45-60(52,32-76-45)81-36(5)65)53(71)50(77-35(4)64)48(33(43)2)58(61,6)7/h10-24,37,41,43-45,49-52,54,67,75H,9,25-32H2,1-8H3,(H,62,72)(H,68,69)/t37?,41?,43-,44-,45+,49-,50+,51+,52?,54?,59+,60-,61+/m0/s1. The van der Waals surface area contributed by atoms with Crippen LogP contribution in [0.5, 0.6) is 0 Å². The third-order valence-electron chi connectivity index (χ3n) is 17.1. The molecular formula is C61H71NO19. The molecule has 1 saturated heterocycles. The van der Waals surface area contributed by atoms with Crippen molar-refractivity contribution in [3.63, 3.8) is 0 Å².